The smallest absolute Gasteiger partial charge is 0.200 e. The number of hydrogen-bond donors (Lipinski definition) is 0. The maximum absolute atomic E-state index is 13.4. The van der Waals surface area contributed by atoms with Crippen LogP contribution in [0.1, 0.15) is 0 Å². The molecule has 48 heavy (non-hydrogen) atoms. The predicted octanol–water partition coefficient (Wildman–Crippen LogP) is 11.9. The molecule has 10 aromatic rings. The summed E-state index contributed by atoms with van der Waals surface area (Å²) in [6, 6.07) is 48.1. The molecule has 0 N–H and O–H groups in total. The quantitative estimate of drug-likeness (QED) is 0.178. The molecular formula is C43H23NO3S. The first kappa shape index (κ1) is 26.0. The molecule has 224 valence electrons. The fourth-order valence-corrected chi connectivity index (χ4v) is 8.84. The molecule has 7 aromatic carbocycles. The van der Waals surface area contributed by atoms with E-state index in [0.717, 1.165) is 60.4 Å². The SMILES string of the molecule is O=c1c2ccccc2oc2cc3c(cc12)sc1c(-c2cccc(-c4ccc5c(c4)c4cccc6c4n5-c4ccccc4O6)c2)cccc13. The maximum Gasteiger partial charge on any atom is 0.200 e. The Balaban J connectivity index is 1.08. The second-order valence-corrected chi connectivity index (χ2v) is 13.5. The average Bonchev–Trinajstić information content (AvgIpc) is 3.67. The number of nitrogens with zero attached hydrogens (tertiary/aromatic N) is 1. The highest BCUT2D eigenvalue weighted by molar-refractivity contribution is 7.26. The summed E-state index contributed by atoms with van der Waals surface area (Å²) in [5.41, 5.74) is 9.20. The zero-order valence-corrected chi connectivity index (χ0v) is 26.2. The summed E-state index contributed by atoms with van der Waals surface area (Å²) >= 11 is 1.73. The molecule has 0 fully saturated rings. The van der Waals surface area contributed by atoms with Crippen LogP contribution in [0.25, 0.3) is 91.9 Å². The van der Waals surface area contributed by atoms with Crippen molar-refractivity contribution in [3.63, 3.8) is 0 Å². The van der Waals surface area contributed by atoms with Gasteiger partial charge in [0.1, 0.15) is 11.2 Å². The molecular weight excluding hydrogens is 611 g/mol. The van der Waals surface area contributed by atoms with Crippen molar-refractivity contribution in [2.75, 3.05) is 0 Å². The Morgan fingerprint density at radius 1 is 0.521 bits per heavy atom. The first-order chi connectivity index (χ1) is 23.7. The van der Waals surface area contributed by atoms with E-state index in [-0.39, 0.29) is 5.43 Å². The van der Waals surface area contributed by atoms with E-state index in [1.165, 1.54) is 21.0 Å². The van der Waals surface area contributed by atoms with E-state index >= 15 is 0 Å². The van der Waals surface area contributed by atoms with Gasteiger partial charge in [-0.15, -0.1) is 11.3 Å². The lowest BCUT2D eigenvalue weighted by molar-refractivity contribution is 0.476. The van der Waals surface area contributed by atoms with E-state index < -0.39 is 0 Å². The molecule has 0 atom stereocenters. The minimum absolute atomic E-state index is 0.00814. The maximum atomic E-state index is 13.4. The van der Waals surface area contributed by atoms with Crippen molar-refractivity contribution in [1.82, 2.24) is 4.57 Å². The van der Waals surface area contributed by atoms with E-state index in [1.54, 1.807) is 11.3 Å². The number of rotatable bonds is 2. The third kappa shape index (κ3) is 3.51. The Bertz CT molecular complexity index is 3070. The van der Waals surface area contributed by atoms with Gasteiger partial charge in [0.15, 0.2) is 11.5 Å². The second-order valence-electron chi connectivity index (χ2n) is 12.4. The predicted molar refractivity (Wildman–Crippen MR) is 198 cm³/mol. The molecule has 0 spiro atoms. The fraction of sp³-hybridized carbons (Fsp3) is 0. The highest BCUT2D eigenvalue weighted by Gasteiger charge is 2.23. The number of benzene rings is 7. The van der Waals surface area contributed by atoms with E-state index in [2.05, 4.69) is 89.5 Å². The Kier molecular flexibility index (Phi) is 5.11. The normalized spacial score (nSPS) is 12.4. The summed E-state index contributed by atoms with van der Waals surface area (Å²) < 4.78 is 17.1. The van der Waals surface area contributed by atoms with Crippen LogP contribution < -0.4 is 10.2 Å². The Hall–Kier alpha value is -6.17. The molecule has 0 aliphatic carbocycles. The largest absolute Gasteiger partial charge is 0.456 e. The van der Waals surface area contributed by atoms with Crippen molar-refractivity contribution in [1.29, 1.82) is 0 Å². The topological polar surface area (TPSA) is 44.4 Å². The minimum atomic E-state index is 0.00814. The van der Waals surface area contributed by atoms with Crippen molar-refractivity contribution in [3.05, 3.63) is 150 Å². The molecule has 0 unspecified atom stereocenters. The van der Waals surface area contributed by atoms with Gasteiger partial charge in [-0.25, -0.2) is 0 Å². The Morgan fingerprint density at radius 3 is 2.27 bits per heavy atom. The van der Waals surface area contributed by atoms with Crippen LogP contribution in [0.3, 0.4) is 0 Å². The molecule has 0 saturated heterocycles. The zero-order chi connectivity index (χ0) is 31.5. The summed E-state index contributed by atoms with van der Waals surface area (Å²) in [7, 11) is 0. The van der Waals surface area contributed by atoms with Crippen molar-refractivity contribution in [3.8, 4) is 39.4 Å². The summed E-state index contributed by atoms with van der Waals surface area (Å²) in [6.07, 6.45) is 0. The van der Waals surface area contributed by atoms with E-state index in [0.29, 0.717) is 21.9 Å². The molecule has 11 rings (SSSR count). The Morgan fingerprint density at radius 2 is 1.29 bits per heavy atom. The number of ether oxygens (including phenoxy) is 1. The van der Waals surface area contributed by atoms with E-state index in [9.17, 15) is 4.79 Å². The lowest BCUT2D eigenvalue weighted by atomic mass is 9.97. The van der Waals surface area contributed by atoms with E-state index in [4.69, 9.17) is 9.15 Å². The summed E-state index contributed by atoms with van der Waals surface area (Å²) in [6.45, 7) is 0. The first-order valence-corrected chi connectivity index (χ1v) is 16.8. The van der Waals surface area contributed by atoms with Crippen LogP contribution >= 0.6 is 11.3 Å². The monoisotopic (exact) mass is 633 g/mol. The zero-order valence-electron chi connectivity index (χ0n) is 25.4. The fourth-order valence-electron chi connectivity index (χ4n) is 7.58. The molecule has 4 heterocycles. The third-order valence-electron chi connectivity index (χ3n) is 9.78. The van der Waals surface area contributed by atoms with Crippen LogP contribution in [0, 0.1) is 0 Å². The van der Waals surface area contributed by atoms with Gasteiger partial charge in [0.05, 0.1) is 27.5 Å². The number of hydrogen-bond acceptors (Lipinski definition) is 4. The highest BCUT2D eigenvalue weighted by atomic mass is 32.1. The molecule has 0 radical (unpaired) electrons. The van der Waals surface area contributed by atoms with Gasteiger partial charge < -0.3 is 13.7 Å². The van der Waals surface area contributed by atoms with Gasteiger partial charge in [0.25, 0.3) is 0 Å². The van der Waals surface area contributed by atoms with E-state index in [1.807, 2.05) is 54.6 Å². The van der Waals surface area contributed by atoms with Gasteiger partial charge in [0.2, 0.25) is 5.43 Å². The number of aromatic nitrogens is 1. The molecule has 0 amide bonds. The van der Waals surface area contributed by atoms with Crippen molar-refractivity contribution in [2.45, 2.75) is 0 Å². The second kappa shape index (κ2) is 9.44. The molecule has 3 aromatic heterocycles. The molecule has 5 heteroatoms. The van der Waals surface area contributed by atoms with Crippen LogP contribution in [0.2, 0.25) is 0 Å². The van der Waals surface area contributed by atoms with Gasteiger partial charge in [-0.1, -0.05) is 78.9 Å². The van der Waals surface area contributed by atoms with Gasteiger partial charge in [-0.2, -0.15) is 0 Å². The first-order valence-electron chi connectivity index (χ1n) is 16.0. The highest BCUT2D eigenvalue weighted by Crippen LogP contribution is 2.46. The van der Waals surface area contributed by atoms with Gasteiger partial charge in [-0.05, 0) is 82.9 Å². The minimum Gasteiger partial charge on any atom is -0.456 e. The lowest BCUT2D eigenvalue weighted by Crippen LogP contribution is -2.03. The van der Waals surface area contributed by atoms with Crippen molar-refractivity contribution >= 4 is 75.3 Å². The number of thiophene rings is 1. The standard InChI is InChI=1S/C43H23NO3S/c45-42-30-10-1-3-15-36(30)46-39-22-32-29-13-6-11-27(43(29)48-40(32)23-33(39)42)26-9-5-8-24(20-26)25-18-19-34-31(21-25)28-12-7-17-38-41(28)44(34)35-14-2-4-16-37(35)47-38/h1-23H. The summed E-state index contributed by atoms with van der Waals surface area (Å²) in [5.74, 6) is 1.75. The Labute approximate surface area is 277 Å². The van der Waals surface area contributed by atoms with Crippen LogP contribution in [-0.4, -0.2) is 4.57 Å². The summed E-state index contributed by atoms with van der Waals surface area (Å²) in [5, 5.41) is 5.86. The molecule has 0 bridgehead atoms. The lowest BCUT2D eigenvalue weighted by Gasteiger charge is -2.20. The number of para-hydroxylation sites is 4. The molecule has 1 aliphatic rings. The van der Waals surface area contributed by atoms with Crippen LogP contribution in [-0.2, 0) is 0 Å². The average molecular weight is 634 g/mol. The molecule has 4 nitrogen and oxygen atoms in total. The van der Waals surface area contributed by atoms with Gasteiger partial charge >= 0.3 is 0 Å². The van der Waals surface area contributed by atoms with Crippen LogP contribution in [0.15, 0.2) is 149 Å². The summed E-state index contributed by atoms with van der Waals surface area (Å²) in [4.78, 5) is 13.4. The number of fused-ring (bicyclic) bond motifs is 10. The molecule has 0 saturated carbocycles. The van der Waals surface area contributed by atoms with Gasteiger partial charge in [-0.3, -0.25) is 4.79 Å². The molecule has 1 aliphatic heterocycles. The van der Waals surface area contributed by atoms with Gasteiger partial charge in [0, 0.05) is 30.9 Å². The van der Waals surface area contributed by atoms with Crippen molar-refractivity contribution < 1.29 is 9.15 Å². The third-order valence-corrected chi connectivity index (χ3v) is 11.0. The van der Waals surface area contributed by atoms with Crippen molar-refractivity contribution in [2.24, 2.45) is 0 Å². The van der Waals surface area contributed by atoms with Crippen LogP contribution in [0.4, 0.5) is 0 Å². The van der Waals surface area contributed by atoms with Crippen LogP contribution in [0.5, 0.6) is 11.5 Å².